The van der Waals surface area contributed by atoms with Crippen LogP contribution in [0.2, 0.25) is 0 Å². The molecule has 0 aliphatic carbocycles. The molecule has 0 radical (unpaired) electrons. The molecule has 0 saturated carbocycles. The Morgan fingerprint density at radius 1 is 0.875 bits per heavy atom. The molecule has 3 N–H and O–H groups in total. The van der Waals surface area contributed by atoms with Gasteiger partial charge in [0.15, 0.2) is 14.9 Å². The summed E-state index contributed by atoms with van der Waals surface area (Å²) in [7, 11) is 0.349. The van der Waals surface area contributed by atoms with Crippen molar-refractivity contribution in [3.05, 3.63) is 119 Å². The van der Waals surface area contributed by atoms with Gasteiger partial charge in [-0.15, -0.1) is 0 Å². The molecule has 3 saturated heterocycles. The van der Waals surface area contributed by atoms with Gasteiger partial charge >= 0.3 is 0 Å². The number of thiocarbonyl (C=S) groups is 1. The van der Waals surface area contributed by atoms with Crippen LogP contribution in [0.3, 0.4) is 0 Å². The predicted octanol–water partition coefficient (Wildman–Crippen LogP) is 9.74. The third kappa shape index (κ3) is 8.54. The summed E-state index contributed by atoms with van der Waals surface area (Å²) in [6.45, 7) is 8.51. The molecule has 0 spiro atoms. The van der Waals surface area contributed by atoms with Gasteiger partial charge in [0.25, 0.3) is 0 Å². The lowest BCUT2D eigenvalue weighted by atomic mass is 9.66. The summed E-state index contributed by atoms with van der Waals surface area (Å²) in [5.74, 6) is -0.255. The smallest absolute Gasteiger partial charge is 0.180 e. The van der Waals surface area contributed by atoms with Crippen LogP contribution < -0.4 is 20.9 Å². The first kappa shape index (κ1) is 40.4. The highest BCUT2D eigenvalue weighted by atomic mass is 32.2. The third-order valence-electron chi connectivity index (χ3n) is 12.9. The van der Waals surface area contributed by atoms with Gasteiger partial charge in [-0.25, -0.2) is 12.8 Å². The maximum atomic E-state index is 15.7. The molecule has 2 bridgehead atoms. The average molecular weight is 797 g/mol. The van der Waals surface area contributed by atoms with E-state index in [2.05, 4.69) is 60.1 Å². The second-order valence-corrected chi connectivity index (χ2v) is 19.4. The Morgan fingerprint density at radius 2 is 1.57 bits per heavy atom. The Morgan fingerprint density at radius 3 is 2.21 bits per heavy atom. The molecule has 56 heavy (non-hydrogen) atoms. The Kier molecular flexibility index (Phi) is 11.9. The van der Waals surface area contributed by atoms with Crippen molar-refractivity contribution in [3.63, 3.8) is 0 Å². The van der Waals surface area contributed by atoms with Crippen molar-refractivity contribution in [1.82, 2.24) is 5.32 Å². The molecule has 0 aromatic heterocycles. The van der Waals surface area contributed by atoms with Gasteiger partial charge in [0.05, 0.1) is 42.0 Å². The van der Waals surface area contributed by atoms with Gasteiger partial charge in [0.1, 0.15) is 12.4 Å². The molecule has 4 aromatic rings. The molecule has 4 aromatic carbocycles. The van der Waals surface area contributed by atoms with Crippen molar-refractivity contribution in [2.45, 2.75) is 100 Å². The summed E-state index contributed by atoms with van der Waals surface area (Å²) in [5, 5.41) is 10.6. The lowest BCUT2D eigenvalue weighted by Gasteiger charge is -2.55. The van der Waals surface area contributed by atoms with Gasteiger partial charge in [-0.2, -0.15) is 0 Å². The minimum Gasteiger partial charge on any atom is -0.378 e. The first-order valence-corrected chi connectivity index (χ1v) is 22.6. The van der Waals surface area contributed by atoms with E-state index in [1.807, 2.05) is 61.5 Å². The Hall–Kier alpha value is -3.83. The first-order valence-electron chi connectivity index (χ1n) is 20.6. The van der Waals surface area contributed by atoms with Crippen molar-refractivity contribution in [3.8, 4) is 0 Å². The fourth-order valence-corrected chi connectivity index (χ4v) is 11.9. The molecule has 10 heteroatoms. The number of nitrogens with one attached hydrogen (secondary N) is 3. The highest BCUT2D eigenvalue weighted by Crippen LogP contribution is 2.47. The molecule has 0 amide bonds. The van der Waals surface area contributed by atoms with Gasteiger partial charge in [-0.3, -0.25) is 5.32 Å². The number of halogens is 1. The summed E-state index contributed by atoms with van der Waals surface area (Å²) in [6, 6.07) is 29.8. The van der Waals surface area contributed by atoms with Gasteiger partial charge < -0.3 is 20.0 Å². The van der Waals surface area contributed by atoms with Crippen molar-refractivity contribution in [2.75, 3.05) is 55.0 Å². The zero-order valence-corrected chi connectivity index (χ0v) is 35.2. The predicted molar refractivity (Wildman–Crippen MR) is 233 cm³/mol. The average Bonchev–Trinajstić information content (AvgIpc) is 3.29. The molecule has 1 atom stereocenters. The zero-order valence-electron chi connectivity index (χ0n) is 33.5. The van der Waals surface area contributed by atoms with E-state index in [9.17, 15) is 8.42 Å². The maximum Gasteiger partial charge on any atom is 0.180 e. The van der Waals surface area contributed by atoms with Crippen molar-refractivity contribution in [1.29, 1.82) is 0 Å². The third-order valence-corrected chi connectivity index (χ3v) is 15.1. The van der Waals surface area contributed by atoms with Crippen molar-refractivity contribution in [2.24, 2.45) is 0 Å². The lowest BCUT2D eigenvalue weighted by Crippen LogP contribution is -2.62. The Balaban J connectivity index is 1.08. The van der Waals surface area contributed by atoms with E-state index in [0.717, 1.165) is 97.3 Å². The molecular formula is C46H59FN5O2S2+. The standard InChI is InChI=1S/C46H58FN5O2S2/c1-5-7-21-46(22-8-6-2)33-56(53,54)42-20-18-38(51(3)4)31-39(42)43(50-46)35-13-12-16-37(30-35)48-44(55)49-41-19-17-34(29-40(41)47)32-52-26-23-45(24-27-52,25-28-52)36-14-10-9-11-15-36/h9-20,29-31,43,50H,5-8,21-28,32-33H2,1-4H3,(H-,48,49,55)/p+1. The molecule has 4 aliphatic rings. The minimum absolute atomic E-state index is 0.0655. The van der Waals surface area contributed by atoms with Crippen LogP contribution in [-0.2, 0) is 21.8 Å². The van der Waals surface area contributed by atoms with Gasteiger partial charge in [0, 0.05) is 61.2 Å². The second kappa shape index (κ2) is 16.6. The number of fused-ring (bicyclic) bond motifs is 4. The molecule has 298 valence electrons. The molecule has 4 aliphatic heterocycles. The monoisotopic (exact) mass is 796 g/mol. The highest BCUT2D eigenvalue weighted by molar-refractivity contribution is 7.91. The van der Waals surface area contributed by atoms with Gasteiger partial charge in [-0.05, 0) is 84.2 Å². The van der Waals surface area contributed by atoms with E-state index in [0.29, 0.717) is 16.0 Å². The molecule has 8 rings (SSSR count). The normalized spacial score (nSPS) is 23.5. The Bertz CT molecular complexity index is 2110. The van der Waals surface area contributed by atoms with Crippen LogP contribution in [-0.4, -0.2) is 63.0 Å². The largest absolute Gasteiger partial charge is 0.378 e. The lowest BCUT2D eigenvalue weighted by molar-refractivity contribution is -0.955. The van der Waals surface area contributed by atoms with Gasteiger partial charge in [0.2, 0.25) is 0 Å². The molecule has 1 unspecified atom stereocenters. The van der Waals surface area contributed by atoms with E-state index in [4.69, 9.17) is 12.2 Å². The van der Waals surface area contributed by atoms with Crippen molar-refractivity contribution >= 4 is 44.2 Å². The van der Waals surface area contributed by atoms with E-state index in [1.54, 1.807) is 18.2 Å². The zero-order chi connectivity index (χ0) is 39.6. The minimum atomic E-state index is -3.59. The van der Waals surface area contributed by atoms with Crippen LogP contribution in [0.4, 0.5) is 21.5 Å². The quantitative estimate of drug-likeness (QED) is 0.0920. The first-order chi connectivity index (χ1) is 26.9. The summed E-state index contributed by atoms with van der Waals surface area (Å²) < 4.78 is 45.1. The number of anilines is 3. The van der Waals surface area contributed by atoms with Crippen LogP contribution in [0.1, 0.15) is 99.9 Å². The van der Waals surface area contributed by atoms with E-state index >= 15 is 4.39 Å². The number of quaternary nitrogens is 1. The number of rotatable bonds is 13. The number of hydrogen-bond acceptors (Lipinski definition) is 5. The van der Waals surface area contributed by atoms with Crippen LogP contribution in [0.25, 0.3) is 0 Å². The van der Waals surface area contributed by atoms with Gasteiger partial charge in [-0.1, -0.05) is 88.1 Å². The number of piperidine rings is 3. The van der Waals surface area contributed by atoms with Crippen molar-refractivity contribution < 1.29 is 17.3 Å². The number of unbranched alkanes of at least 4 members (excludes halogenated alkanes) is 2. The number of nitrogens with zero attached hydrogens (tertiary/aromatic N) is 2. The summed E-state index contributed by atoms with van der Waals surface area (Å²) >= 11 is 5.73. The van der Waals surface area contributed by atoms with E-state index in [1.165, 1.54) is 24.8 Å². The number of benzene rings is 4. The summed E-state index contributed by atoms with van der Waals surface area (Å²) in [5.41, 5.74) is 5.90. The summed E-state index contributed by atoms with van der Waals surface area (Å²) in [4.78, 5) is 2.39. The second-order valence-electron chi connectivity index (χ2n) is 17.0. The van der Waals surface area contributed by atoms with E-state index in [-0.39, 0.29) is 22.7 Å². The summed E-state index contributed by atoms with van der Waals surface area (Å²) in [6.07, 6.45) is 8.94. The number of hydrogen-bond donors (Lipinski definition) is 3. The fraction of sp³-hybridized carbons (Fsp3) is 0.457. The fourth-order valence-electron chi connectivity index (χ4n) is 9.65. The molecule has 4 heterocycles. The highest BCUT2D eigenvalue weighted by Gasteiger charge is 2.49. The maximum absolute atomic E-state index is 15.7. The van der Waals surface area contributed by atoms with E-state index < -0.39 is 15.4 Å². The van der Waals surface area contributed by atoms with Crippen LogP contribution >= 0.6 is 12.2 Å². The number of sulfone groups is 1. The SMILES string of the molecule is CCCCC1(CCCC)CS(=O)(=O)c2ccc(N(C)C)cc2C(c2cccc(NC(=S)Nc3ccc(C[N+]45CCC(c6ccccc6)(CC4)CC5)cc3F)c2)N1. The van der Waals surface area contributed by atoms with Crippen LogP contribution in [0, 0.1) is 5.82 Å². The molecule has 7 nitrogen and oxygen atoms in total. The molecule has 3 fully saturated rings. The molecular weight excluding hydrogens is 738 g/mol. The van der Waals surface area contributed by atoms with Crippen LogP contribution in [0.5, 0.6) is 0 Å². The Labute approximate surface area is 339 Å². The van der Waals surface area contributed by atoms with Crippen LogP contribution in [0.15, 0.2) is 95.9 Å². The topological polar surface area (TPSA) is 73.5 Å².